The van der Waals surface area contributed by atoms with Crippen LogP contribution >= 0.6 is 0 Å². The molecule has 1 aromatic heterocycles. The van der Waals surface area contributed by atoms with Crippen molar-refractivity contribution < 1.29 is 0 Å². The van der Waals surface area contributed by atoms with Gasteiger partial charge in [0.05, 0.1) is 5.52 Å². The van der Waals surface area contributed by atoms with Crippen molar-refractivity contribution in [1.29, 1.82) is 0 Å². The molecule has 3 heteroatoms. The van der Waals surface area contributed by atoms with E-state index in [1.165, 1.54) is 18.4 Å². The fraction of sp³-hybridized carbons (Fsp3) is 0.438. The Morgan fingerprint density at radius 3 is 2.58 bits per heavy atom. The lowest BCUT2D eigenvalue weighted by Gasteiger charge is -2.35. The predicted octanol–water partition coefficient (Wildman–Crippen LogP) is 2.77. The zero-order chi connectivity index (χ0) is 13.1. The molecule has 0 saturated carbocycles. The summed E-state index contributed by atoms with van der Waals surface area (Å²) < 4.78 is 0. The van der Waals surface area contributed by atoms with Gasteiger partial charge in [0.2, 0.25) is 0 Å². The highest BCUT2D eigenvalue weighted by Crippen LogP contribution is 2.19. The summed E-state index contributed by atoms with van der Waals surface area (Å²) in [5.41, 5.74) is 1.09. The fourth-order valence-electron chi connectivity index (χ4n) is 2.75. The molecule has 3 nitrogen and oxygen atoms in total. The van der Waals surface area contributed by atoms with Crippen LogP contribution in [-0.2, 0) is 0 Å². The Kier molecular flexibility index (Phi) is 3.65. The molecule has 1 fully saturated rings. The average molecular weight is 255 g/mol. The van der Waals surface area contributed by atoms with Crippen molar-refractivity contribution in [3.8, 4) is 0 Å². The van der Waals surface area contributed by atoms with Crippen LogP contribution in [0.3, 0.4) is 0 Å². The number of anilines is 1. The minimum atomic E-state index is 1.09. The first-order valence-corrected chi connectivity index (χ1v) is 7.20. The highest BCUT2D eigenvalue weighted by molar-refractivity contribution is 5.80. The van der Waals surface area contributed by atoms with E-state index in [0.29, 0.717) is 0 Å². The van der Waals surface area contributed by atoms with Gasteiger partial charge in [-0.15, -0.1) is 0 Å². The second-order valence-electron chi connectivity index (χ2n) is 5.19. The van der Waals surface area contributed by atoms with Gasteiger partial charge in [-0.1, -0.05) is 25.1 Å². The maximum Gasteiger partial charge on any atom is 0.129 e. The summed E-state index contributed by atoms with van der Waals surface area (Å²) in [5.74, 6) is 1.12. The van der Waals surface area contributed by atoms with Crippen LogP contribution in [0.1, 0.15) is 13.3 Å². The molecule has 1 aliphatic rings. The first-order valence-electron chi connectivity index (χ1n) is 7.20. The van der Waals surface area contributed by atoms with Crippen molar-refractivity contribution in [3.05, 3.63) is 36.4 Å². The van der Waals surface area contributed by atoms with Crippen molar-refractivity contribution in [2.24, 2.45) is 0 Å². The van der Waals surface area contributed by atoms with Crippen LogP contribution in [-0.4, -0.2) is 42.6 Å². The monoisotopic (exact) mass is 255 g/mol. The van der Waals surface area contributed by atoms with Crippen LogP contribution in [0.2, 0.25) is 0 Å². The summed E-state index contributed by atoms with van der Waals surface area (Å²) in [6, 6.07) is 12.6. The quantitative estimate of drug-likeness (QED) is 0.840. The Bertz CT molecular complexity index is 544. The largest absolute Gasteiger partial charge is 0.354 e. The van der Waals surface area contributed by atoms with E-state index in [9.17, 15) is 0 Å². The molecule has 1 saturated heterocycles. The Balaban J connectivity index is 1.74. The number of pyridine rings is 1. The van der Waals surface area contributed by atoms with Gasteiger partial charge < -0.3 is 4.90 Å². The molecule has 1 aromatic carbocycles. The van der Waals surface area contributed by atoms with Gasteiger partial charge in [-0.25, -0.2) is 4.98 Å². The van der Waals surface area contributed by atoms with Gasteiger partial charge >= 0.3 is 0 Å². The van der Waals surface area contributed by atoms with Crippen molar-refractivity contribution in [2.45, 2.75) is 13.3 Å². The summed E-state index contributed by atoms with van der Waals surface area (Å²) >= 11 is 0. The summed E-state index contributed by atoms with van der Waals surface area (Å²) in [6.07, 6.45) is 1.24. The van der Waals surface area contributed by atoms with Gasteiger partial charge in [0.25, 0.3) is 0 Å². The molecule has 100 valence electrons. The SMILES string of the molecule is CCCN1CCN(c2ccc3ccccc3n2)CC1. The molecule has 0 aliphatic carbocycles. The van der Waals surface area contributed by atoms with Crippen LogP contribution in [0.5, 0.6) is 0 Å². The van der Waals surface area contributed by atoms with E-state index in [4.69, 9.17) is 4.98 Å². The molecule has 3 rings (SSSR count). The molecular formula is C16H21N3. The third kappa shape index (κ3) is 2.71. The van der Waals surface area contributed by atoms with E-state index >= 15 is 0 Å². The molecule has 0 amide bonds. The molecule has 0 radical (unpaired) electrons. The zero-order valence-corrected chi connectivity index (χ0v) is 11.5. The average Bonchev–Trinajstić information content (AvgIpc) is 2.48. The summed E-state index contributed by atoms with van der Waals surface area (Å²) in [4.78, 5) is 9.72. The number of piperazine rings is 1. The molecular weight excluding hydrogens is 234 g/mol. The molecule has 0 unspecified atom stereocenters. The third-order valence-corrected chi connectivity index (χ3v) is 3.82. The van der Waals surface area contributed by atoms with E-state index < -0.39 is 0 Å². The van der Waals surface area contributed by atoms with Crippen molar-refractivity contribution in [2.75, 3.05) is 37.6 Å². The number of aromatic nitrogens is 1. The number of hydrogen-bond donors (Lipinski definition) is 0. The summed E-state index contributed by atoms with van der Waals surface area (Å²) in [5, 5.41) is 1.22. The number of benzene rings is 1. The van der Waals surface area contributed by atoms with E-state index in [0.717, 1.165) is 37.5 Å². The molecule has 0 N–H and O–H groups in total. The van der Waals surface area contributed by atoms with Gasteiger partial charge in [-0.05, 0) is 31.2 Å². The minimum Gasteiger partial charge on any atom is -0.354 e. The van der Waals surface area contributed by atoms with Gasteiger partial charge in [-0.3, -0.25) is 4.90 Å². The number of nitrogens with zero attached hydrogens (tertiary/aromatic N) is 3. The van der Waals surface area contributed by atoms with E-state index in [1.807, 2.05) is 0 Å². The highest BCUT2D eigenvalue weighted by atomic mass is 15.3. The van der Waals surface area contributed by atoms with E-state index in [-0.39, 0.29) is 0 Å². The molecule has 0 spiro atoms. The van der Waals surface area contributed by atoms with Crippen molar-refractivity contribution >= 4 is 16.7 Å². The zero-order valence-electron chi connectivity index (χ0n) is 11.5. The maximum absolute atomic E-state index is 4.78. The van der Waals surface area contributed by atoms with Crippen LogP contribution in [0, 0.1) is 0 Å². The Labute approximate surface area is 114 Å². The molecule has 1 aliphatic heterocycles. The van der Waals surface area contributed by atoms with Crippen LogP contribution in [0.4, 0.5) is 5.82 Å². The number of hydrogen-bond acceptors (Lipinski definition) is 3. The van der Waals surface area contributed by atoms with E-state index in [2.05, 4.69) is 53.1 Å². The fourth-order valence-corrected chi connectivity index (χ4v) is 2.75. The first-order chi connectivity index (χ1) is 9.36. The third-order valence-electron chi connectivity index (χ3n) is 3.82. The predicted molar refractivity (Wildman–Crippen MR) is 80.7 cm³/mol. The molecule has 0 atom stereocenters. The second-order valence-corrected chi connectivity index (χ2v) is 5.19. The molecule has 19 heavy (non-hydrogen) atoms. The number of para-hydroxylation sites is 1. The smallest absolute Gasteiger partial charge is 0.129 e. The van der Waals surface area contributed by atoms with E-state index in [1.54, 1.807) is 0 Å². The molecule has 2 aromatic rings. The second kappa shape index (κ2) is 5.57. The maximum atomic E-state index is 4.78. The van der Waals surface area contributed by atoms with Crippen LogP contribution in [0.25, 0.3) is 10.9 Å². The first kappa shape index (κ1) is 12.4. The van der Waals surface area contributed by atoms with Gasteiger partial charge in [-0.2, -0.15) is 0 Å². The van der Waals surface area contributed by atoms with Gasteiger partial charge in [0, 0.05) is 31.6 Å². The minimum absolute atomic E-state index is 1.09. The van der Waals surface area contributed by atoms with Crippen molar-refractivity contribution in [1.82, 2.24) is 9.88 Å². The highest BCUT2D eigenvalue weighted by Gasteiger charge is 2.17. The number of rotatable bonds is 3. The lowest BCUT2D eigenvalue weighted by molar-refractivity contribution is 0.258. The summed E-state index contributed by atoms with van der Waals surface area (Å²) in [6.45, 7) is 7.96. The Morgan fingerprint density at radius 2 is 1.79 bits per heavy atom. The lowest BCUT2D eigenvalue weighted by Crippen LogP contribution is -2.46. The normalized spacial score (nSPS) is 17.0. The van der Waals surface area contributed by atoms with Crippen molar-refractivity contribution in [3.63, 3.8) is 0 Å². The Morgan fingerprint density at radius 1 is 1.00 bits per heavy atom. The topological polar surface area (TPSA) is 19.4 Å². The van der Waals surface area contributed by atoms with Gasteiger partial charge in [0.1, 0.15) is 5.82 Å². The van der Waals surface area contributed by atoms with Crippen LogP contribution in [0.15, 0.2) is 36.4 Å². The standard InChI is InChI=1S/C16H21N3/c1-2-9-18-10-12-19(13-11-18)16-8-7-14-5-3-4-6-15(14)17-16/h3-8H,2,9-13H2,1H3. The lowest BCUT2D eigenvalue weighted by atomic mass is 10.2. The Hall–Kier alpha value is -1.61. The van der Waals surface area contributed by atoms with Crippen LogP contribution < -0.4 is 4.90 Å². The molecule has 2 heterocycles. The number of fused-ring (bicyclic) bond motifs is 1. The van der Waals surface area contributed by atoms with Gasteiger partial charge in [0.15, 0.2) is 0 Å². The summed E-state index contributed by atoms with van der Waals surface area (Å²) in [7, 11) is 0. The molecule has 0 bridgehead atoms.